The van der Waals surface area contributed by atoms with Crippen LogP contribution in [-0.2, 0) is 16.7 Å². The maximum absolute atomic E-state index is 6.03. The number of hydrogen-bond acceptors (Lipinski definition) is 2. The van der Waals surface area contributed by atoms with Crippen molar-refractivity contribution in [3.63, 3.8) is 0 Å². The zero-order chi connectivity index (χ0) is 19.3. The van der Waals surface area contributed by atoms with Gasteiger partial charge in [-0.1, -0.05) is 42.5 Å². The number of nitrogens with zero attached hydrogens (tertiary/aromatic N) is 1. The Kier molecular flexibility index (Phi) is 6.23. The highest BCUT2D eigenvalue weighted by Gasteiger charge is 2.42. The minimum atomic E-state index is -0.0455. The summed E-state index contributed by atoms with van der Waals surface area (Å²) in [4.78, 5) is 2.14. The van der Waals surface area contributed by atoms with Crippen LogP contribution in [0.5, 0.6) is 0 Å². The van der Waals surface area contributed by atoms with E-state index in [0.717, 1.165) is 32.5 Å². The topological polar surface area (TPSA) is 29.1 Å². The number of quaternary nitrogens is 1. The standard InChI is InChI=1S/C24H34N2O/c1-23(2)19-24(15-17-27-23,21-8-6-5-7-9-21)14-16-25-18-20-10-12-22(13-11-20)26(3)4/h5-13,25H,14-19H2,1-4H3/p+1/t24-/m0/s1. The summed E-state index contributed by atoms with van der Waals surface area (Å²) in [6.45, 7) is 7.51. The van der Waals surface area contributed by atoms with Crippen molar-refractivity contribution in [1.82, 2.24) is 0 Å². The number of anilines is 1. The number of hydrogen-bond donors (Lipinski definition) is 1. The Labute approximate surface area is 164 Å². The Hall–Kier alpha value is -1.84. The Balaban J connectivity index is 1.62. The lowest BCUT2D eigenvalue weighted by Gasteiger charge is -2.45. The summed E-state index contributed by atoms with van der Waals surface area (Å²) >= 11 is 0. The molecule has 0 unspecified atom stereocenters. The van der Waals surface area contributed by atoms with E-state index in [1.54, 1.807) is 0 Å². The van der Waals surface area contributed by atoms with E-state index in [4.69, 9.17) is 4.74 Å². The molecule has 3 rings (SSSR count). The van der Waals surface area contributed by atoms with Gasteiger partial charge in [0.15, 0.2) is 0 Å². The summed E-state index contributed by atoms with van der Waals surface area (Å²) in [6, 6.07) is 20.0. The molecule has 1 atom stereocenters. The van der Waals surface area contributed by atoms with E-state index in [2.05, 4.69) is 92.8 Å². The Bertz CT molecular complexity index is 709. The van der Waals surface area contributed by atoms with Crippen LogP contribution in [0.1, 0.15) is 44.2 Å². The Morgan fingerprint density at radius 3 is 2.33 bits per heavy atom. The fourth-order valence-corrected chi connectivity index (χ4v) is 4.45. The predicted molar refractivity (Wildman–Crippen MR) is 113 cm³/mol. The van der Waals surface area contributed by atoms with Crippen LogP contribution < -0.4 is 10.2 Å². The molecule has 1 aliphatic rings. The first kappa shape index (κ1) is 19.9. The molecule has 2 aromatic rings. The molecule has 1 fully saturated rings. The van der Waals surface area contributed by atoms with Gasteiger partial charge in [0.25, 0.3) is 0 Å². The summed E-state index contributed by atoms with van der Waals surface area (Å²) in [5.74, 6) is 0. The molecule has 0 bridgehead atoms. The van der Waals surface area contributed by atoms with Crippen molar-refractivity contribution in [1.29, 1.82) is 0 Å². The highest BCUT2D eigenvalue weighted by Crippen LogP contribution is 2.43. The molecule has 0 spiro atoms. The van der Waals surface area contributed by atoms with Gasteiger partial charge in [0.2, 0.25) is 0 Å². The molecule has 0 saturated carbocycles. The molecule has 0 aromatic heterocycles. The molecular formula is C24H35N2O+. The lowest BCUT2D eigenvalue weighted by molar-refractivity contribution is -0.672. The minimum Gasteiger partial charge on any atom is -0.378 e. The summed E-state index contributed by atoms with van der Waals surface area (Å²) in [6.07, 6.45) is 3.40. The highest BCUT2D eigenvalue weighted by atomic mass is 16.5. The third kappa shape index (κ3) is 5.12. The Morgan fingerprint density at radius 1 is 1.00 bits per heavy atom. The van der Waals surface area contributed by atoms with Gasteiger partial charge in [0, 0.05) is 43.8 Å². The molecule has 146 valence electrons. The second-order valence-electron chi connectivity index (χ2n) is 8.77. The van der Waals surface area contributed by atoms with E-state index < -0.39 is 0 Å². The molecule has 0 radical (unpaired) electrons. The summed E-state index contributed by atoms with van der Waals surface area (Å²) in [5, 5.41) is 2.46. The predicted octanol–water partition coefficient (Wildman–Crippen LogP) is 3.73. The van der Waals surface area contributed by atoms with Gasteiger partial charge < -0.3 is 15.0 Å². The van der Waals surface area contributed by atoms with Crippen LogP contribution in [0.3, 0.4) is 0 Å². The Morgan fingerprint density at radius 2 is 1.70 bits per heavy atom. The maximum atomic E-state index is 6.03. The number of nitrogens with two attached hydrogens (primary N) is 1. The fraction of sp³-hybridized carbons (Fsp3) is 0.500. The first-order valence-electron chi connectivity index (χ1n) is 10.2. The molecule has 0 aliphatic carbocycles. The molecule has 0 amide bonds. The van der Waals surface area contributed by atoms with Gasteiger partial charge in [-0.25, -0.2) is 0 Å². The minimum absolute atomic E-state index is 0.0455. The monoisotopic (exact) mass is 367 g/mol. The largest absolute Gasteiger partial charge is 0.378 e. The van der Waals surface area contributed by atoms with E-state index in [0.29, 0.717) is 0 Å². The quantitative estimate of drug-likeness (QED) is 0.756. The van der Waals surface area contributed by atoms with E-state index in [1.807, 2.05) is 0 Å². The van der Waals surface area contributed by atoms with Crippen LogP contribution in [0.15, 0.2) is 54.6 Å². The second-order valence-corrected chi connectivity index (χ2v) is 8.77. The molecule has 3 nitrogen and oxygen atoms in total. The van der Waals surface area contributed by atoms with Crippen LogP contribution >= 0.6 is 0 Å². The van der Waals surface area contributed by atoms with Gasteiger partial charge in [-0.2, -0.15) is 0 Å². The zero-order valence-corrected chi connectivity index (χ0v) is 17.4. The number of rotatable bonds is 7. The van der Waals surface area contributed by atoms with Crippen LogP contribution in [0.25, 0.3) is 0 Å². The first-order valence-corrected chi connectivity index (χ1v) is 10.2. The van der Waals surface area contributed by atoms with Crippen LogP contribution in [0, 0.1) is 0 Å². The highest BCUT2D eigenvalue weighted by molar-refractivity contribution is 5.45. The first-order chi connectivity index (χ1) is 12.9. The SMILES string of the molecule is CN(C)c1ccc(C[NH2+]CC[C@]2(c3ccccc3)CCOC(C)(C)C2)cc1. The van der Waals surface area contributed by atoms with Crippen molar-refractivity contribution in [3.05, 3.63) is 65.7 Å². The van der Waals surface area contributed by atoms with Crippen molar-refractivity contribution >= 4 is 5.69 Å². The van der Waals surface area contributed by atoms with E-state index in [-0.39, 0.29) is 11.0 Å². The van der Waals surface area contributed by atoms with Crippen molar-refractivity contribution in [3.8, 4) is 0 Å². The second kappa shape index (κ2) is 8.45. The van der Waals surface area contributed by atoms with Crippen LogP contribution in [-0.4, -0.2) is 32.8 Å². The van der Waals surface area contributed by atoms with Crippen molar-refractivity contribution in [2.24, 2.45) is 0 Å². The summed E-state index contributed by atoms with van der Waals surface area (Å²) in [7, 11) is 4.17. The molecule has 27 heavy (non-hydrogen) atoms. The lowest BCUT2D eigenvalue weighted by atomic mass is 9.67. The van der Waals surface area contributed by atoms with Crippen molar-refractivity contribution in [2.45, 2.75) is 50.7 Å². The lowest BCUT2D eigenvalue weighted by Crippen LogP contribution is -2.83. The van der Waals surface area contributed by atoms with Gasteiger partial charge in [-0.3, -0.25) is 0 Å². The average molecular weight is 368 g/mol. The van der Waals surface area contributed by atoms with Gasteiger partial charge in [-0.15, -0.1) is 0 Å². The van der Waals surface area contributed by atoms with Gasteiger partial charge in [0.1, 0.15) is 6.54 Å². The van der Waals surface area contributed by atoms with Gasteiger partial charge in [-0.05, 0) is 44.4 Å². The number of benzene rings is 2. The summed E-state index contributed by atoms with van der Waals surface area (Å²) < 4.78 is 6.03. The molecule has 2 aromatic carbocycles. The van der Waals surface area contributed by atoms with E-state index in [9.17, 15) is 0 Å². The molecule has 1 saturated heterocycles. The average Bonchev–Trinajstić information content (AvgIpc) is 2.65. The van der Waals surface area contributed by atoms with Gasteiger partial charge >= 0.3 is 0 Å². The number of ether oxygens (including phenoxy) is 1. The summed E-state index contributed by atoms with van der Waals surface area (Å²) in [5.41, 5.74) is 4.31. The van der Waals surface area contributed by atoms with Crippen molar-refractivity contribution < 1.29 is 10.1 Å². The molecule has 2 N–H and O–H groups in total. The normalized spacial score (nSPS) is 21.8. The van der Waals surface area contributed by atoms with Gasteiger partial charge in [0.05, 0.1) is 12.1 Å². The molecule has 3 heteroatoms. The van der Waals surface area contributed by atoms with E-state index in [1.165, 1.54) is 23.2 Å². The van der Waals surface area contributed by atoms with E-state index >= 15 is 0 Å². The third-order valence-corrected chi connectivity index (χ3v) is 5.88. The smallest absolute Gasteiger partial charge is 0.101 e. The maximum Gasteiger partial charge on any atom is 0.101 e. The molecular weight excluding hydrogens is 332 g/mol. The van der Waals surface area contributed by atoms with Crippen molar-refractivity contribution in [2.75, 3.05) is 32.1 Å². The third-order valence-electron chi connectivity index (χ3n) is 5.88. The van der Waals surface area contributed by atoms with Crippen LogP contribution in [0.4, 0.5) is 5.69 Å². The van der Waals surface area contributed by atoms with Crippen LogP contribution in [0.2, 0.25) is 0 Å². The molecule has 1 aliphatic heterocycles. The molecule has 1 heterocycles. The zero-order valence-electron chi connectivity index (χ0n) is 17.4. The fourth-order valence-electron chi connectivity index (χ4n) is 4.45.